The minimum Gasteiger partial charge on any atom is -0.351 e. The van der Waals surface area contributed by atoms with Gasteiger partial charge in [0.05, 0.1) is 12.4 Å². The van der Waals surface area contributed by atoms with Gasteiger partial charge >= 0.3 is 0 Å². The zero-order chi connectivity index (χ0) is 18.4. The summed E-state index contributed by atoms with van der Waals surface area (Å²) in [5, 5.41) is 0. The van der Waals surface area contributed by atoms with Crippen LogP contribution in [0, 0.1) is 0 Å². The molecule has 138 valence electrons. The Morgan fingerprint density at radius 2 is 1.77 bits per heavy atom. The summed E-state index contributed by atoms with van der Waals surface area (Å²) in [5.41, 5.74) is 1.65. The third kappa shape index (κ3) is 4.38. The molecule has 6 heteroatoms. The molecule has 6 nitrogen and oxygen atoms in total. The monoisotopic (exact) mass is 353 g/mol. The molecule has 3 rings (SSSR count). The molecule has 0 spiro atoms. The van der Waals surface area contributed by atoms with Crippen LogP contribution in [0.15, 0.2) is 42.7 Å². The van der Waals surface area contributed by atoms with E-state index in [-0.39, 0.29) is 5.91 Å². The van der Waals surface area contributed by atoms with E-state index in [0.29, 0.717) is 5.69 Å². The van der Waals surface area contributed by atoms with Crippen molar-refractivity contribution >= 4 is 11.7 Å². The third-order valence-corrected chi connectivity index (χ3v) is 4.89. The molecule has 0 N–H and O–H groups in total. The Morgan fingerprint density at radius 3 is 2.35 bits per heavy atom. The van der Waals surface area contributed by atoms with E-state index in [1.807, 2.05) is 23.1 Å². The van der Waals surface area contributed by atoms with Crippen LogP contribution in [0.3, 0.4) is 0 Å². The van der Waals surface area contributed by atoms with Crippen LogP contribution in [0.1, 0.15) is 29.9 Å². The summed E-state index contributed by atoms with van der Waals surface area (Å²) < 4.78 is 0. The molecule has 2 heterocycles. The number of benzene rings is 1. The summed E-state index contributed by atoms with van der Waals surface area (Å²) in [4.78, 5) is 27.9. The molecule has 1 aromatic heterocycles. The number of hydrogen-bond donors (Lipinski definition) is 0. The van der Waals surface area contributed by atoms with Crippen molar-refractivity contribution in [1.29, 1.82) is 0 Å². The number of carbonyl (C=O) groups is 1. The summed E-state index contributed by atoms with van der Waals surface area (Å²) in [5.74, 6) is 0.773. The lowest BCUT2D eigenvalue weighted by molar-refractivity contribution is 0.0637. The van der Waals surface area contributed by atoms with Crippen LogP contribution < -0.4 is 4.90 Å². The van der Waals surface area contributed by atoms with Gasteiger partial charge < -0.3 is 14.7 Å². The topological polar surface area (TPSA) is 52.6 Å². The van der Waals surface area contributed by atoms with Crippen molar-refractivity contribution in [2.75, 3.05) is 44.2 Å². The van der Waals surface area contributed by atoms with Gasteiger partial charge in [0, 0.05) is 39.3 Å². The van der Waals surface area contributed by atoms with Gasteiger partial charge in [-0.05, 0) is 19.0 Å². The Labute approximate surface area is 155 Å². The number of carbonyl (C=O) groups excluding carboxylic acids is 1. The molecular weight excluding hydrogens is 326 g/mol. The van der Waals surface area contributed by atoms with E-state index in [1.54, 1.807) is 12.4 Å². The van der Waals surface area contributed by atoms with Crippen molar-refractivity contribution in [1.82, 2.24) is 19.8 Å². The zero-order valence-electron chi connectivity index (χ0n) is 15.6. The molecular formula is C20H27N5O. The number of nitrogens with zero attached hydrogens (tertiary/aromatic N) is 5. The Balaban J connectivity index is 1.64. The second-order valence-corrected chi connectivity index (χ2v) is 6.49. The first-order valence-corrected chi connectivity index (χ1v) is 9.33. The molecule has 1 aliphatic heterocycles. The first kappa shape index (κ1) is 18.3. The maximum Gasteiger partial charge on any atom is 0.274 e. The van der Waals surface area contributed by atoms with Gasteiger partial charge in [0.25, 0.3) is 5.91 Å². The minimum absolute atomic E-state index is 0.0223. The third-order valence-electron chi connectivity index (χ3n) is 4.89. The van der Waals surface area contributed by atoms with Crippen LogP contribution in [-0.2, 0) is 6.54 Å². The fourth-order valence-electron chi connectivity index (χ4n) is 3.18. The van der Waals surface area contributed by atoms with Gasteiger partial charge in [0.15, 0.2) is 0 Å². The van der Waals surface area contributed by atoms with Crippen molar-refractivity contribution in [3.05, 3.63) is 54.0 Å². The molecule has 1 aromatic carbocycles. The molecule has 1 aliphatic rings. The molecule has 0 radical (unpaired) electrons. The molecule has 2 aromatic rings. The summed E-state index contributed by atoms with van der Waals surface area (Å²) in [7, 11) is 0. The van der Waals surface area contributed by atoms with Crippen molar-refractivity contribution in [2.24, 2.45) is 0 Å². The van der Waals surface area contributed by atoms with E-state index >= 15 is 0 Å². The number of amides is 1. The number of piperazine rings is 1. The number of anilines is 1. The smallest absolute Gasteiger partial charge is 0.274 e. The van der Waals surface area contributed by atoms with E-state index in [2.05, 4.69) is 45.7 Å². The van der Waals surface area contributed by atoms with Gasteiger partial charge in [-0.2, -0.15) is 0 Å². The Morgan fingerprint density at radius 1 is 1.04 bits per heavy atom. The van der Waals surface area contributed by atoms with Crippen molar-refractivity contribution in [3.8, 4) is 0 Å². The average molecular weight is 353 g/mol. The molecule has 0 bridgehead atoms. The molecule has 0 unspecified atom stereocenters. The van der Waals surface area contributed by atoms with Gasteiger partial charge in [-0.3, -0.25) is 4.79 Å². The van der Waals surface area contributed by atoms with E-state index in [4.69, 9.17) is 0 Å². The predicted molar refractivity (Wildman–Crippen MR) is 103 cm³/mol. The van der Waals surface area contributed by atoms with E-state index in [0.717, 1.165) is 51.6 Å². The number of rotatable bonds is 6. The largest absolute Gasteiger partial charge is 0.351 e. The summed E-state index contributed by atoms with van der Waals surface area (Å²) >= 11 is 0. The predicted octanol–water partition coefficient (Wildman–Crippen LogP) is 2.28. The summed E-state index contributed by atoms with van der Waals surface area (Å²) in [6, 6.07) is 10.3. The SMILES string of the molecule is CCN1CCN(C(=O)c2cnc(N(CC)Cc3ccccc3)cn2)CC1. The second-order valence-electron chi connectivity index (χ2n) is 6.49. The first-order chi connectivity index (χ1) is 12.7. The quantitative estimate of drug-likeness (QED) is 0.797. The van der Waals surface area contributed by atoms with Crippen LogP contribution in [0.4, 0.5) is 5.82 Å². The number of hydrogen-bond acceptors (Lipinski definition) is 5. The fourth-order valence-corrected chi connectivity index (χ4v) is 3.18. The van der Waals surface area contributed by atoms with E-state index in [9.17, 15) is 4.79 Å². The fraction of sp³-hybridized carbons (Fsp3) is 0.450. The highest BCUT2D eigenvalue weighted by atomic mass is 16.2. The molecule has 1 amide bonds. The van der Waals surface area contributed by atoms with Gasteiger partial charge in [0.1, 0.15) is 11.5 Å². The van der Waals surface area contributed by atoms with Crippen LogP contribution in [0.25, 0.3) is 0 Å². The van der Waals surface area contributed by atoms with Crippen LogP contribution in [-0.4, -0.2) is 64.9 Å². The lowest BCUT2D eigenvalue weighted by Crippen LogP contribution is -2.48. The van der Waals surface area contributed by atoms with E-state index < -0.39 is 0 Å². The highest BCUT2D eigenvalue weighted by Crippen LogP contribution is 2.14. The first-order valence-electron chi connectivity index (χ1n) is 9.33. The molecule has 26 heavy (non-hydrogen) atoms. The van der Waals surface area contributed by atoms with Gasteiger partial charge in [-0.1, -0.05) is 37.3 Å². The lowest BCUT2D eigenvalue weighted by atomic mass is 10.2. The molecule has 1 saturated heterocycles. The van der Waals surface area contributed by atoms with Crippen molar-refractivity contribution in [3.63, 3.8) is 0 Å². The molecule has 0 aliphatic carbocycles. The van der Waals surface area contributed by atoms with Crippen molar-refractivity contribution < 1.29 is 4.79 Å². The maximum atomic E-state index is 12.6. The second kappa shape index (κ2) is 8.76. The molecule has 0 atom stereocenters. The lowest BCUT2D eigenvalue weighted by Gasteiger charge is -2.33. The normalized spacial score (nSPS) is 15.1. The molecule has 1 fully saturated rings. The summed E-state index contributed by atoms with van der Waals surface area (Å²) in [6.45, 7) is 10.2. The van der Waals surface area contributed by atoms with E-state index in [1.165, 1.54) is 5.56 Å². The van der Waals surface area contributed by atoms with Gasteiger partial charge in [-0.25, -0.2) is 9.97 Å². The molecule has 0 saturated carbocycles. The standard InChI is InChI=1S/C20H27N5O/c1-3-23-10-12-25(13-11-23)20(26)18-14-22-19(15-21-18)24(4-2)16-17-8-6-5-7-9-17/h5-9,14-15H,3-4,10-13,16H2,1-2H3. The minimum atomic E-state index is -0.0223. The van der Waals surface area contributed by atoms with Crippen LogP contribution >= 0.6 is 0 Å². The Kier molecular flexibility index (Phi) is 6.17. The Hall–Kier alpha value is -2.47. The highest BCUT2D eigenvalue weighted by molar-refractivity contribution is 5.92. The number of likely N-dealkylation sites (N-methyl/N-ethyl adjacent to an activating group) is 1. The summed E-state index contributed by atoms with van der Waals surface area (Å²) in [6.07, 6.45) is 3.32. The zero-order valence-corrected chi connectivity index (χ0v) is 15.6. The Bertz CT molecular complexity index is 696. The maximum absolute atomic E-state index is 12.6. The highest BCUT2D eigenvalue weighted by Gasteiger charge is 2.22. The van der Waals surface area contributed by atoms with Gasteiger partial charge in [-0.15, -0.1) is 0 Å². The van der Waals surface area contributed by atoms with Crippen LogP contribution in [0.5, 0.6) is 0 Å². The average Bonchev–Trinajstić information content (AvgIpc) is 2.72. The van der Waals surface area contributed by atoms with Crippen molar-refractivity contribution in [2.45, 2.75) is 20.4 Å². The van der Waals surface area contributed by atoms with Crippen LogP contribution in [0.2, 0.25) is 0 Å². The number of aromatic nitrogens is 2. The van der Waals surface area contributed by atoms with Gasteiger partial charge in [0.2, 0.25) is 0 Å².